The van der Waals surface area contributed by atoms with E-state index in [1.807, 2.05) is 0 Å². The molecule has 0 spiro atoms. The largest absolute Gasteiger partial charge is 0.269 e. The number of nitrogens with zero attached hydrogens (tertiary/aromatic N) is 5. The number of hydrogen-bond acceptors (Lipinski definition) is 5. The molecule has 1 aromatic carbocycles. The van der Waals surface area contributed by atoms with Crippen molar-refractivity contribution < 1.29 is 4.92 Å². The molecule has 0 N–H and O–H groups in total. The molecule has 0 saturated heterocycles. The zero-order valence-corrected chi connectivity index (χ0v) is 8.83. The Bertz CT molecular complexity index is 494. The van der Waals surface area contributed by atoms with Crippen LogP contribution in [0.2, 0.25) is 0 Å². The van der Waals surface area contributed by atoms with Crippen LogP contribution in [0.5, 0.6) is 0 Å². The average molecular weight is 270 g/mol. The highest BCUT2D eigenvalue weighted by Crippen LogP contribution is 2.16. The summed E-state index contributed by atoms with van der Waals surface area (Å²) in [7, 11) is 0. The van der Waals surface area contributed by atoms with E-state index in [1.54, 1.807) is 12.1 Å². The summed E-state index contributed by atoms with van der Waals surface area (Å²) in [6.07, 6.45) is 0. The van der Waals surface area contributed by atoms with E-state index in [1.165, 1.54) is 16.8 Å². The highest BCUT2D eigenvalue weighted by atomic mass is 79.9. The predicted octanol–water partition coefficient (Wildman–Crippen LogP) is 1.33. The Morgan fingerprint density at radius 2 is 2.00 bits per heavy atom. The molecule has 0 amide bonds. The summed E-state index contributed by atoms with van der Waals surface area (Å²) in [6, 6.07) is 5.92. The molecule has 0 saturated carbocycles. The van der Waals surface area contributed by atoms with Gasteiger partial charge < -0.3 is 0 Å². The van der Waals surface area contributed by atoms with Crippen LogP contribution < -0.4 is 0 Å². The predicted molar refractivity (Wildman–Crippen MR) is 53.5 cm³/mol. The molecule has 15 heavy (non-hydrogen) atoms. The summed E-state index contributed by atoms with van der Waals surface area (Å²) >= 11 is 3.14. The monoisotopic (exact) mass is 269 g/mol. The Balaban J connectivity index is 2.40. The molecule has 0 atom stereocenters. The van der Waals surface area contributed by atoms with Gasteiger partial charge >= 0.3 is 0 Å². The summed E-state index contributed by atoms with van der Waals surface area (Å²) in [4.78, 5) is 9.95. The minimum absolute atomic E-state index is 0.0305. The Hall–Kier alpha value is -1.83. The van der Waals surface area contributed by atoms with E-state index in [-0.39, 0.29) is 5.69 Å². The fourth-order valence-corrected chi connectivity index (χ4v) is 1.40. The molecule has 1 heterocycles. The molecule has 7 nitrogen and oxygen atoms in total. The lowest BCUT2D eigenvalue weighted by atomic mass is 10.3. The number of nitro benzene ring substituents is 1. The topological polar surface area (TPSA) is 86.7 Å². The van der Waals surface area contributed by atoms with Gasteiger partial charge in [-0.2, -0.15) is 4.68 Å². The van der Waals surface area contributed by atoms with Crippen LogP contribution in [0, 0.1) is 10.1 Å². The molecule has 2 rings (SSSR count). The van der Waals surface area contributed by atoms with Gasteiger partial charge in [0.25, 0.3) is 5.69 Å². The average Bonchev–Trinajstić information content (AvgIpc) is 2.65. The standard InChI is InChI=1S/C7H4BrN5O2/c8-7-9-10-11-12(7)5-1-3-6(4-2-5)13(14)15/h1-4H. The van der Waals surface area contributed by atoms with E-state index >= 15 is 0 Å². The van der Waals surface area contributed by atoms with Crippen molar-refractivity contribution >= 4 is 21.6 Å². The second-order valence-corrected chi connectivity index (χ2v) is 3.34. The zero-order valence-electron chi connectivity index (χ0n) is 7.24. The van der Waals surface area contributed by atoms with Crippen LogP contribution >= 0.6 is 15.9 Å². The summed E-state index contributed by atoms with van der Waals surface area (Å²) in [5.74, 6) is 0. The van der Waals surface area contributed by atoms with Crippen LogP contribution in [-0.4, -0.2) is 25.1 Å². The maximum Gasteiger partial charge on any atom is 0.269 e. The summed E-state index contributed by atoms with van der Waals surface area (Å²) in [5, 5.41) is 21.2. The molecule has 76 valence electrons. The van der Waals surface area contributed by atoms with Gasteiger partial charge in [0.15, 0.2) is 0 Å². The highest BCUT2D eigenvalue weighted by Gasteiger charge is 2.08. The first-order valence-electron chi connectivity index (χ1n) is 3.87. The molecule has 0 aliphatic carbocycles. The lowest BCUT2D eigenvalue weighted by Crippen LogP contribution is -1.97. The van der Waals surface area contributed by atoms with Gasteiger partial charge in [-0.15, -0.1) is 5.10 Å². The van der Waals surface area contributed by atoms with Crippen LogP contribution in [0.25, 0.3) is 5.69 Å². The van der Waals surface area contributed by atoms with Crippen molar-refractivity contribution in [3.63, 3.8) is 0 Å². The number of aromatic nitrogens is 4. The molecule has 0 radical (unpaired) electrons. The fourth-order valence-electron chi connectivity index (χ4n) is 1.05. The summed E-state index contributed by atoms with van der Waals surface area (Å²) in [5.41, 5.74) is 0.681. The minimum Gasteiger partial charge on any atom is -0.258 e. The van der Waals surface area contributed by atoms with Crippen LogP contribution in [0.15, 0.2) is 29.0 Å². The van der Waals surface area contributed by atoms with E-state index in [0.717, 1.165) is 0 Å². The first-order valence-corrected chi connectivity index (χ1v) is 4.66. The molecule has 0 aliphatic heterocycles. The number of benzene rings is 1. The second-order valence-electron chi connectivity index (χ2n) is 2.63. The molecule has 8 heteroatoms. The third-order valence-corrected chi connectivity index (χ3v) is 2.23. The number of tetrazole rings is 1. The van der Waals surface area contributed by atoms with Crippen molar-refractivity contribution in [1.29, 1.82) is 0 Å². The molecule has 0 aliphatic rings. The zero-order chi connectivity index (χ0) is 10.8. The first kappa shape index (κ1) is 9.71. The van der Waals surface area contributed by atoms with Gasteiger partial charge in [-0.3, -0.25) is 10.1 Å². The van der Waals surface area contributed by atoms with Crippen molar-refractivity contribution in [2.45, 2.75) is 0 Å². The van der Waals surface area contributed by atoms with Gasteiger partial charge in [-0.1, -0.05) is 0 Å². The third kappa shape index (κ3) is 1.84. The summed E-state index contributed by atoms with van der Waals surface area (Å²) < 4.78 is 1.86. The number of hydrogen-bond donors (Lipinski definition) is 0. The first-order chi connectivity index (χ1) is 7.18. The van der Waals surface area contributed by atoms with Crippen molar-refractivity contribution in [2.75, 3.05) is 0 Å². The minimum atomic E-state index is -0.460. The van der Waals surface area contributed by atoms with Gasteiger partial charge in [0.2, 0.25) is 4.73 Å². The molecule has 0 bridgehead atoms. The van der Waals surface area contributed by atoms with Crippen molar-refractivity contribution in [1.82, 2.24) is 20.2 Å². The number of halogens is 1. The van der Waals surface area contributed by atoms with E-state index in [9.17, 15) is 10.1 Å². The fraction of sp³-hybridized carbons (Fsp3) is 0. The molecular formula is C7H4BrN5O2. The Labute approximate surface area is 92.0 Å². The maximum absolute atomic E-state index is 10.4. The van der Waals surface area contributed by atoms with Crippen molar-refractivity contribution in [3.05, 3.63) is 39.1 Å². The Morgan fingerprint density at radius 3 is 2.47 bits per heavy atom. The molecule has 2 aromatic rings. The maximum atomic E-state index is 10.4. The third-order valence-electron chi connectivity index (χ3n) is 1.74. The summed E-state index contributed by atoms with van der Waals surface area (Å²) in [6.45, 7) is 0. The van der Waals surface area contributed by atoms with Crippen molar-refractivity contribution in [2.24, 2.45) is 0 Å². The van der Waals surface area contributed by atoms with Crippen LogP contribution in [0.3, 0.4) is 0 Å². The van der Waals surface area contributed by atoms with Crippen molar-refractivity contribution in [3.8, 4) is 5.69 Å². The van der Waals surface area contributed by atoms with Gasteiger partial charge in [0.05, 0.1) is 10.6 Å². The Kier molecular flexibility index (Phi) is 2.42. The quantitative estimate of drug-likeness (QED) is 0.606. The molecule has 0 unspecified atom stereocenters. The van der Waals surface area contributed by atoms with E-state index in [0.29, 0.717) is 10.4 Å². The Morgan fingerprint density at radius 1 is 1.33 bits per heavy atom. The van der Waals surface area contributed by atoms with Crippen LogP contribution in [0.4, 0.5) is 5.69 Å². The van der Waals surface area contributed by atoms with Crippen LogP contribution in [0.1, 0.15) is 0 Å². The molecular weight excluding hydrogens is 266 g/mol. The second kappa shape index (κ2) is 3.73. The number of rotatable bonds is 2. The number of nitro groups is 1. The normalized spacial score (nSPS) is 10.2. The smallest absolute Gasteiger partial charge is 0.258 e. The van der Waals surface area contributed by atoms with Gasteiger partial charge in [-0.25, -0.2) is 0 Å². The molecule has 0 fully saturated rings. The number of non-ortho nitro benzene ring substituents is 1. The SMILES string of the molecule is O=[N+]([O-])c1ccc(-n2nnnc2Br)cc1. The highest BCUT2D eigenvalue weighted by molar-refractivity contribution is 9.10. The molecule has 1 aromatic heterocycles. The van der Waals surface area contributed by atoms with Gasteiger partial charge in [0.1, 0.15) is 0 Å². The van der Waals surface area contributed by atoms with E-state index in [4.69, 9.17) is 0 Å². The van der Waals surface area contributed by atoms with E-state index in [2.05, 4.69) is 31.5 Å². The van der Waals surface area contributed by atoms with E-state index < -0.39 is 4.92 Å². The lowest BCUT2D eigenvalue weighted by molar-refractivity contribution is -0.384. The van der Waals surface area contributed by atoms with Gasteiger partial charge in [-0.05, 0) is 38.5 Å². The lowest BCUT2D eigenvalue weighted by Gasteiger charge is -1.99. The van der Waals surface area contributed by atoms with Gasteiger partial charge in [0, 0.05) is 12.1 Å². The van der Waals surface area contributed by atoms with Crippen LogP contribution in [-0.2, 0) is 0 Å².